The third kappa shape index (κ3) is 3.45. The predicted octanol–water partition coefficient (Wildman–Crippen LogP) is 4.42. The summed E-state index contributed by atoms with van der Waals surface area (Å²) in [6, 6.07) is 1.12. The van der Waals surface area contributed by atoms with Crippen molar-refractivity contribution in [3.63, 3.8) is 0 Å². The molecule has 0 amide bonds. The molecule has 0 aromatic rings. The van der Waals surface area contributed by atoms with Gasteiger partial charge in [0.15, 0.2) is 0 Å². The molecule has 4 aliphatic carbocycles. The van der Waals surface area contributed by atoms with Gasteiger partial charge in [0, 0.05) is 35.8 Å². The van der Waals surface area contributed by atoms with Gasteiger partial charge in [0.05, 0.1) is 12.2 Å². The molecule has 6 heterocycles. The molecule has 216 valence electrons. The minimum atomic E-state index is 0.150. The van der Waals surface area contributed by atoms with Crippen molar-refractivity contribution in [2.75, 3.05) is 13.1 Å². The molecular formula is C35H46N6. The zero-order valence-electron chi connectivity index (χ0n) is 24.3. The van der Waals surface area contributed by atoms with Crippen molar-refractivity contribution in [3.05, 3.63) is 70.6 Å². The number of hydrogen-bond donors (Lipinski definition) is 4. The summed E-state index contributed by atoms with van der Waals surface area (Å²) in [5.41, 5.74) is 8.17. The van der Waals surface area contributed by atoms with Crippen LogP contribution in [0.25, 0.3) is 0 Å². The van der Waals surface area contributed by atoms with Gasteiger partial charge in [-0.05, 0) is 92.4 Å². The summed E-state index contributed by atoms with van der Waals surface area (Å²) < 4.78 is 0. The summed E-state index contributed by atoms with van der Waals surface area (Å²) in [5.74, 6) is 3.83. The highest BCUT2D eigenvalue weighted by atomic mass is 15.6. The highest BCUT2D eigenvalue weighted by Crippen LogP contribution is 2.54. The molecule has 6 aliphatic heterocycles. The fraction of sp³-hybridized carbons (Fsp3) is 0.657. The minimum absolute atomic E-state index is 0.150. The molecule has 41 heavy (non-hydrogen) atoms. The number of fused-ring (bicyclic) bond motifs is 13. The molecule has 4 N–H and O–H groups in total. The molecule has 2 saturated carbocycles. The molecule has 0 aromatic heterocycles. The number of rotatable bonds is 0. The molecule has 0 aromatic carbocycles. The van der Waals surface area contributed by atoms with E-state index in [1.54, 1.807) is 28.1 Å². The Bertz CT molecular complexity index is 1320. The van der Waals surface area contributed by atoms with E-state index in [0.29, 0.717) is 53.8 Å². The Balaban J connectivity index is 1.18. The SMILES string of the molecule is C1=CC2=C3CC(C=C1)C1CCCC4C5=CC6=C(C=CC5)C5CCCCC5N6C5NC(NC(N5)N3C3CNCCC23)C41. The van der Waals surface area contributed by atoms with Crippen LogP contribution in [0.3, 0.4) is 0 Å². The Morgan fingerprint density at radius 2 is 1.63 bits per heavy atom. The van der Waals surface area contributed by atoms with E-state index in [1.165, 1.54) is 57.8 Å². The summed E-state index contributed by atoms with van der Waals surface area (Å²) in [4.78, 5) is 5.71. The van der Waals surface area contributed by atoms with Crippen molar-refractivity contribution < 1.29 is 0 Å². The van der Waals surface area contributed by atoms with Gasteiger partial charge in [-0.3, -0.25) is 16.0 Å². The Kier molecular flexibility index (Phi) is 5.45. The maximum absolute atomic E-state index is 4.30. The molecule has 0 radical (unpaired) electrons. The molecule has 6 heteroatoms. The lowest BCUT2D eigenvalue weighted by Crippen LogP contribution is -2.78. The maximum Gasteiger partial charge on any atom is 0.138 e. The highest BCUT2D eigenvalue weighted by molar-refractivity contribution is 5.46. The second-order valence-electron chi connectivity index (χ2n) is 14.7. The van der Waals surface area contributed by atoms with E-state index in [-0.39, 0.29) is 12.6 Å². The van der Waals surface area contributed by atoms with E-state index in [9.17, 15) is 0 Å². The Hall–Kier alpha value is -2.12. The second kappa shape index (κ2) is 9.19. The molecule has 7 bridgehead atoms. The first-order valence-electron chi connectivity index (χ1n) is 17.1. The predicted molar refractivity (Wildman–Crippen MR) is 162 cm³/mol. The standard InChI is InChI=1S/C35H46N6/c1-2-10-25-27-15-16-36-19-31(27)41-30(25)17-20(7-1)22-11-6-12-23-21-8-5-13-26-24-9-3-4-14-28(24)40(29(26)18-21)34-37-33(32(22)23)38-35(41)39-34/h1-2,5,7,10,13,18,20,22-24,27-28,31-39H,3-4,6,8-9,11-12,14-17,19H2. The van der Waals surface area contributed by atoms with Crippen molar-refractivity contribution in [2.45, 2.75) is 95.0 Å². The molecule has 3 saturated heterocycles. The molecular weight excluding hydrogens is 504 g/mol. The van der Waals surface area contributed by atoms with Crippen LogP contribution < -0.4 is 21.3 Å². The summed E-state index contributed by atoms with van der Waals surface area (Å²) in [5, 5.41) is 16.6. The molecule has 5 fully saturated rings. The van der Waals surface area contributed by atoms with Crippen LogP contribution in [0.15, 0.2) is 70.6 Å². The van der Waals surface area contributed by atoms with Crippen LogP contribution in [-0.4, -0.2) is 53.7 Å². The highest BCUT2D eigenvalue weighted by Gasteiger charge is 2.55. The summed E-state index contributed by atoms with van der Waals surface area (Å²) in [6.45, 7) is 2.22. The van der Waals surface area contributed by atoms with Gasteiger partial charge < -0.3 is 15.1 Å². The topological polar surface area (TPSA) is 54.6 Å². The maximum atomic E-state index is 4.30. The second-order valence-corrected chi connectivity index (χ2v) is 14.7. The van der Waals surface area contributed by atoms with Gasteiger partial charge in [0.2, 0.25) is 0 Å². The number of piperidine rings is 1. The first-order chi connectivity index (χ1) is 20.3. The van der Waals surface area contributed by atoms with Crippen LogP contribution in [0.2, 0.25) is 0 Å². The lowest BCUT2D eigenvalue weighted by atomic mass is 9.62. The molecule has 6 nitrogen and oxygen atoms in total. The monoisotopic (exact) mass is 550 g/mol. The number of hydrogen-bond acceptors (Lipinski definition) is 6. The minimum Gasteiger partial charge on any atom is -0.342 e. The van der Waals surface area contributed by atoms with Crippen LogP contribution in [0.1, 0.15) is 64.2 Å². The van der Waals surface area contributed by atoms with Gasteiger partial charge >= 0.3 is 0 Å². The smallest absolute Gasteiger partial charge is 0.138 e. The van der Waals surface area contributed by atoms with E-state index in [2.05, 4.69) is 73.6 Å². The van der Waals surface area contributed by atoms with E-state index in [4.69, 9.17) is 0 Å². The Morgan fingerprint density at radius 3 is 2.61 bits per heavy atom. The molecule has 11 atom stereocenters. The van der Waals surface area contributed by atoms with Crippen molar-refractivity contribution >= 4 is 0 Å². The van der Waals surface area contributed by atoms with Crippen LogP contribution in [0.5, 0.6) is 0 Å². The number of nitrogens with one attached hydrogen (secondary N) is 4. The first-order valence-corrected chi connectivity index (χ1v) is 17.1. The zero-order chi connectivity index (χ0) is 26.7. The van der Waals surface area contributed by atoms with Gasteiger partial charge in [-0.25, -0.2) is 0 Å². The van der Waals surface area contributed by atoms with Gasteiger partial charge in [-0.1, -0.05) is 61.3 Å². The van der Waals surface area contributed by atoms with Crippen molar-refractivity contribution in [1.29, 1.82) is 0 Å². The van der Waals surface area contributed by atoms with E-state index in [0.717, 1.165) is 19.5 Å². The number of allylic oxidation sites excluding steroid dienone is 9. The van der Waals surface area contributed by atoms with Crippen LogP contribution >= 0.6 is 0 Å². The number of nitrogens with zero attached hydrogens (tertiary/aromatic N) is 2. The quantitative estimate of drug-likeness (QED) is 0.359. The summed E-state index contributed by atoms with van der Waals surface area (Å²) >= 11 is 0. The third-order valence-electron chi connectivity index (χ3n) is 13.0. The largest absolute Gasteiger partial charge is 0.342 e. The van der Waals surface area contributed by atoms with Gasteiger partial charge in [-0.15, -0.1) is 0 Å². The van der Waals surface area contributed by atoms with Gasteiger partial charge in [0.25, 0.3) is 0 Å². The first kappa shape index (κ1) is 24.3. The summed E-state index contributed by atoms with van der Waals surface area (Å²) in [7, 11) is 0. The zero-order valence-corrected chi connectivity index (χ0v) is 24.3. The average molecular weight is 551 g/mol. The van der Waals surface area contributed by atoms with E-state index in [1.807, 2.05) is 0 Å². The van der Waals surface area contributed by atoms with Crippen molar-refractivity contribution in [3.8, 4) is 0 Å². The Labute approximate surface area is 245 Å². The lowest BCUT2D eigenvalue weighted by molar-refractivity contribution is -0.0331. The third-order valence-corrected chi connectivity index (χ3v) is 13.0. The van der Waals surface area contributed by atoms with Crippen molar-refractivity contribution in [1.82, 2.24) is 31.1 Å². The van der Waals surface area contributed by atoms with Gasteiger partial charge in [0.1, 0.15) is 12.6 Å². The molecule has 10 rings (SSSR count). The van der Waals surface area contributed by atoms with Crippen LogP contribution in [0.4, 0.5) is 0 Å². The van der Waals surface area contributed by atoms with Gasteiger partial charge in [-0.2, -0.15) is 0 Å². The van der Waals surface area contributed by atoms with Crippen LogP contribution in [0, 0.1) is 35.5 Å². The molecule has 0 spiro atoms. The van der Waals surface area contributed by atoms with E-state index >= 15 is 0 Å². The average Bonchev–Trinajstić information content (AvgIpc) is 3.38. The molecule has 11 unspecified atom stereocenters. The van der Waals surface area contributed by atoms with Crippen LogP contribution in [-0.2, 0) is 0 Å². The lowest BCUT2D eigenvalue weighted by Gasteiger charge is -2.53. The summed E-state index contributed by atoms with van der Waals surface area (Å²) in [6.07, 6.45) is 31.3. The Morgan fingerprint density at radius 1 is 0.756 bits per heavy atom. The van der Waals surface area contributed by atoms with Crippen molar-refractivity contribution in [2.24, 2.45) is 35.5 Å². The molecule has 10 aliphatic rings. The fourth-order valence-electron chi connectivity index (χ4n) is 11.5. The fourth-order valence-corrected chi connectivity index (χ4v) is 11.5. The van der Waals surface area contributed by atoms with E-state index < -0.39 is 0 Å². The normalized spacial score (nSPS) is 47.2.